The predicted molar refractivity (Wildman–Crippen MR) is 49.1 cm³/mol. The summed E-state index contributed by atoms with van der Waals surface area (Å²) >= 11 is 0. The number of piperidine rings is 1. The Balaban J connectivity index is 2.29. The van der Waals surface area contributed by atoms with Gasteiger partial charge in [-0.3, -0.25) is 4.79 Å². The largest absolute Gasteiger partial charge is 0.389 e. The van der Waals surface area contributed by atoms with E-state index in [4.69, 9.17) is 5.73 Å². The van der Waals surface area contributed by atoms with Gasteiger partial charge in [0.2, 0.25) is 5.91 Å². The number of nitrogens with zero attached hydrogens (tertiary/aromatic N) is 1. The molecule has 0 aromatic carbocycles. The highest BCUT2D eigenvalue weighted by molar-refractivity contribution is 5.82. The first-order chi connectivity index (χ1) is 6.90. The smallest absolute Gasteiger partial charge is 0.341 e. The van der Waals surface area contributed by atoms with Crippen molar-refractivity contribution in [3.8, 4) is 0 Å². The summed E-state index contributed by atoms with van der Waals surface area (Å²) in [6, 6.07) is -0.523. The average Bonchev–Trinajstić information content (AvgIpc) is 2.10. The van der Waals surface area contributed by atoms with Crippen LogP contribution in [0.15, 0.2) is 0 Å². The van der Waals surface area contributed by atoms with Crippen LogP contribution in [0.3, 0.4) is 0 Å². The Kier molecular flexibility index (Phi) is 3.96. The number of hydrogen-bond acceptors (Lipinski definition) is 2. The van der Waals surface area contributed by atoms with Crippen LogP contribution in [0.2, 0.25) is 0 Å². The quantitative estimate of drug-likeness (QED) is 0.784. The molecule has 1 aliphatic rings. The number of hydrogen-bond donors (Lipinski definition) is 1. The van der Waals surface area contributed by atoms with Gasteiger partial charge in [-0.2, -0.15) is 13.2 Å². The number of rotatable bonds is 3. The highest BCUT2D eigenvalue weighted by Gasteiger charge is 2.29. The third-order valence-electron chi connectivity index (χ3n) is 2.46. The van der Waals surface area contributed by atoms with E-state index < -0.39 is 18.6 Å². The zero-order valence-electron chi connectivity index (χ0n) is 8.39. The number of likely N-dealkylation sites (tertiary alicyclic amines) is 1. The van der Waals surface area contributed by atoms with E-state index in [1.54, 1.807) is 0 Å². The minimum Gasteiger partial charge on any atom is -0.341 e. The molecule has 1 fully saturated rings. The molecule has 0 aromatic heterocycles. The first-order valence-electron chi connectivity index (χ1n) is 5.01. The summed E-state index contributed by atoms with van der Waals surface area (Å²) in [5.74, 6) is -0.219. The molecule has 1 atom stereocenters. The van der Waals surface area contributed by atoms with Gasteiger partial charge in [-0.05, 0) is 19.3 Å². The topological polar surface area (TPSA) is 46.3 Å². The third-order valence-corrected chi connectivity index (χ3v) is 2.46. The summed E-state index contributed by atoms with van der Waals surface area (Å²) in [6.07, 6.45) is -3.61. The second-order valence-corrected chi connectivity index (χ2v) is 3.79. The lowest BCUT2D eigenvalue weighted by Gasteiger charge is -2.30. The first kappa shape index (κ1) is 12.3. The van der Waals surface area contributed by atoms with Crippen molar-refractivity contribution in [2.45, 2.75) is 37.9 Å². The number of amides is 1. The van der Waals surface area contributed by atoms with E-state index in [1.807, 2.05) is 0 Å². The zero-order valence-corrected chi connectivity index (χ0v) is 8.39. The monoisotopic (exact) mass is 224 g/mol. The summed E-state index contributed by atoms with van der Waals surface area (Å²) in [7, 11) is 0. The Bertz CT molecular complexity index is 230. The predicted octanol–water partition coefficient (Wildman–Crippen LogP) is 1.28. The van der Waals surface area contributed by atoms with Crippen LogP contribution >= 0.6 is 0 Å². The van der Waals surface area contributed by atoms with Gasteiger partial charge in [-0.15, -0.1) is 0 Å². The number of carbonyl (C=O) groups is 1. The van der Waals surface area contributed by atoms with Crippen LogP contribution in [0.5, 0.6) is 0 Å². The van der Waals surface area contributed by atoms with Gasteiger partial charge in [-0.25, -0.2) is 0 Å². The molecule has 6 heteroatoms. The molecule has 1 heterocycles. The van der Waals surface area contributed by atoms with Gasteiger partial charge in [0.05, 0.1) is 6.04 Å². The fraction of sp³-hybridized carbons (Fsp3) is 0.889. The van der Waals surface area contributed by atoms with Crippen LogP contribution < -0.4 is 5.73 Å². The number of carbonyl (C=O) groups excluding carboxylic acids is 1. The molecule has 1 saturated heterocycles. The molecule has 1 aliphatic heterocycles. The van der Waals surface area contributed by atoms with Crippen molar-refractivity contribution in [2.24, 2.45) is 5.73 Å². The minimum atomic E-state index is -4.14. The summed E-state index contributed by atoms with van der Waals surface area (Å²) in [4.78, 5) is 12.8. The lowest BCUT2D eigenvalue weighted by molar-refractivity contribution is -0.142. The second kappa shape index (κ2) is 4.83. The van der Waals surface area contributed by atoms with E-state index in [-0.39, 0.29) is 18.9 Å². The van der Waals surface area contributed by atoms with E-state index in [1.165, 1.54) is 4.90 Å². The summed E-state index contributed by atoms with van der Waals surface area (Å²) in [5.41, 5.74) is 5.51. The molecule has 0 saturated carbocycles. The van der Waals surface area contributed by atoms with E-state index in [9.17, 15) is 18.0 Å². The van der Waals surface area contributed by atoms with Crippen LogP contribution in [0.25, 0.3) is 0 Å². The summed E-state index contributed by atoms with van der Waals surface area (Å²) in [5, 5.41) is 0. The van der Waals surface area contributed by atoms with Gasteiger partial charge in [0.15, 0.2) is 0 Å². The van der Waals surface area contributed by atoms with Crippen molar-refractivity contribution in [3.05, 3.63) is 0 Å². The molecule has 3 nitrogen and oxygen atoms in total. The summed E-state index contributed by atoms with van der Waals surface area (Å²) in [6.45, 7) is 0.691. The van der Waals surface area contributed by atoms with E-state index in [0.29, 0.717) is 13.0 Å². The second-order valence-electron chi connectivity index (χ2n) is 3.79. The molecule has 0 radical (unpaired) electrons. The molecule has 0 aromatic rings. The molecule has 2 N–H and O–H groups in total. The molecule has 15 heavy (non-hydrogen) atoms. The SMILES string of the molecule is NC1CCCN(CCCC(F)(F)F)C1=O. The Labute approximate surface area is 86.4 Å². The zero-order chi connectivity index (χ0) is 11.5. The van der Waals surface area contributed by atoms with Gasteiger partial charge in [0, 0.05) is 19.5 Å². The highest BCUT2D eigenvalue weighted by Crippen LogP contribution is 2.22. The molecule has 1 amide bonds. The maximum atomic E-state index is 11.9. The van der Waals surface area contributed by atoms with E-state index >= 15 is 0 Å². The molecular formula is C9H15F3N2O. The Morgan fingerprint density at radius 2 is 2.13 bits per heavy atom. The minimum absolute atomic E-state index is 0.0397. The molecular weight excluding hydrogens is 209 g/mol. The van der Waals surface area contributed by atoms with E-state index in [0.717, 1.165) is 6.42 Å². The third kappa shape index (κ3) is 4.07. The lowest BCUT2D eigenvalue weighted by atomic mass is 10.1. The van der Waals surface area contributed by atoms with Crippen LogP contribution in [0.1, 0.15) is 25.7 Å². The van der Waals surface area contributed by atoms with Gasteiger partial charge >= 0.3 is 6.18 Å². The van der Waals surface area contributed by atoms with Gasteiger partial charge < -0.3 is 10.6 Å². The fourth-order valence-electron chi connectivity index (χ4n) is 1.66. The van der Waals surface area contributed by atoms with Gasteiger partial charge in [0.1, 0.15) is 0 Å². The Hall–Kier alpha value is -0.780. The molecule has 1 unspecified atom stereocenters. The summed E-state index contributed by atoms with van der Waals surface area (Å²) < 4.78 is 35.6. The standard InChI is InChI=1S/C9H15F3N2O/c10-9(11,12)4-2-6-14-5-1-3-7(13)8(14)15/h7H,1-6,13H2. The number of nitrogens with two attached hydrogens (primary N) is 1. The average molecular weight is 224 g/mol. The maximum absolute atomic E-state index is 11.9. The van der Waals surface area contributed by atoms with Crippen molar-refractivity contribution in [1.82, 2.24) is 4.90 Å². The fourth-order valence-corrected chi connectivity index (χ4v) is 1.66. The van der Waals surface area contributed by atoms with E-state index in [2.05, 4.69) is 0 Å². The molecule has 0 bridgehead atoms. The molecule has 88 valence electrons. The van der Waals surface area contributed by atoms with Crippen molar-refractivity contribution in [1.29, 1.82) is 0 Å². The Morgan fingerprint density at radius 1 is 1.47 bits per heavy atom. The van der Waals surface area contributed by atoms with Crippen molar-refractivity contribution in [3.63, 3.8) is 0 Å². The maximum Gasteiger partial charge on any atom is 0.389 e. The van der Waals surface area contributed by atoms with Crippen molar-refractivity contribution < 1.29 is 18.0 Å². The molecule has 0 aliphatic carbocycles. The lowest BCUT2D eigenvalue weighted by Crippen LogP contribution is -2.48. The van der Waals surface area contributed by atoms with Crippen molar-refractivity contribution >= 4 is 5.91 Å². The first-order valence-corrected chi connectivity index (χ1v) is 5.01. The van der Waals surface area contributed by atoms with Gasteiger partial charge in [-0.1, -0.05) is 0 Å². The van der Waals surface area contributed by atoms with Gasteiger partial charge in [0.25, 0.3) is 0 Å². The van der Waals surface area contributed by atoms with Crippen LogP contribution in [0.4, 0.5) is 13.2 Å². The van der Waals surface area contributed by atoms with Crippen LogP contribution in [0, 0.1) is 0 Å². The number of halogens is 3. The number of alkyl halides is 3. The Morgan fingerprint density at radius 3 is 2.73 bits per heavy atom. The normalized spacial score (nSPS) is 23.3. The van der Waals surface area contributed by atoms with Crippen LogP contribution in [-0.2, 0) is 4.79 Å². The highest BCUT2D eigenvalue weighted by atomic mass is 19.4. The van der Waals surface area contributed by atoms with Crippen LogP contribution in [-0.4, -0.2) is 36.1 Å². The molecule has 0 spiro atoms. The van der Waals surface area contributed by atoms with Crippen molar-refractivity contribution in [2.75, 3.05) is 13.1 Å². The molecule has 1 rings (SSSR count).